The van der Waals surface area contributed by atoms with Crippen molar-refractivity contribution in [1.82, 2.24) is 9.97 Å². The molecule has 0 spiro atoms. The Kier molecular flexibility index (Phi) is 10.1. The van der Waals surface area contributed by atoms with Gasteiger partial charge < -0.3 is 0 Å². The average Bonchev–Trinajstić information content (AvgIpc) is 3.09. The van der Waals surface area contributed by atoms with Crippen LogP contribution >= 0.6 is 0 Å². The summed E-state index contributed by atoms with van der Waals surface area (Å²) in [5.41, 5.74) is 13.6. The standard InChI is InChI=1S/C45H48N4/c1-28(2)38-22-32(23-39(29(3)4)44(38)46-26-36-19-17-34-13-9-11-15-42(34)48-36)21-33-24-40(30(5)6)45(41(25-33)31(7)8)47-27-37-20-18-35-14-10-12-16-43(35)49-37/h9-20,22-31H,21H2,1-8H3. The molecule has 6 aromatic rings. The Hall–Kier alpha value is -4.96. The van der Waals surface area contributed by atoms with Crippen molar-refractivity contribution in [3.63, 3.8) is 0 Å². The lowest BCUT2D eigenvalue weighted by Crippen LogP contribution is -2.03. The van der Waals surface area contributed by atoms with E-state index in [1.54, 1.807) is 0 Å². The van der Waals surface area contributed by atoms with Gasteiger partial charge in [0.15, 0.2) is 0 Å². The monoisotopic (exact) mass is 644 g/mol. The fourth-order valence-electron chi connectivity index (χ4n) is 6.56. The minimum Gasteiger partial charge on any atom is -0.254 e. The van der Waals surface area contributed by atoms with Gasteiger partial charge in [-0.05, 0) is 87.7 Å². The Morgan fingerprint density at radius 2 is 0.816 bits per heavy atom. The van der Waals surface area contributed by atoms with Gasteiger partial charge in [0, 0.05) is 10.8 Å². The number of hydrogen-bond donors (Lipinski definition) is 0. The molecule has 0 aliphatic carbocycles. The van der Waals surface area contributed by atoms with E-state index in [0.29, 0.717) is 23.7 Å². The van der Waals surface area contributed by atoms with E-state index in [0.717, 1.165) is 51.0 Å². The van der Waals surface area contributed by atoms with Crippen LogP contribution < -0.4 is 0 Å². The van der Waals surface area contributed by atoms with E-state index >= 15 is 0 Å². The Morgan fingerprint density at radius 3 is 1.16 bits per heavy atom. The molecular weight excluding hydrogens is 597 g/mol. The van der Waals surface area contributed by atoms with Gasteiger partial charge in [0.25, 0.3) is 0 Å². The van der Waals surface area contributed by atoms with E-state index in [-0.39, 0.29) is 0 Å². The highest BCUT2D eigenvalue weighted by atomic mass is 14.8. The van der Waals surface area contributed by atoms with Crippen molar-refractivity contribution >= 4 is 45.6 Å². The van der Waals surface area contributed by atoms with Crippen LogP contribution in [0, 0.1) is 0 Å². The summed E-state index contributed by atoms with van der Waals surface area (Å²) in [5.74, 6) is 1.30. The van der Waals surface area contributed by atoms with Crippen molar-refractivity contribution in [1.29, 1.82) is 0 Å². The molecule has 4 heteroatoms. The van der Waals surface area contributed by atoms with E-state index < -0.39 is 0 Å². The molecule has 248 valence electrons. The summed E-state index contributed by atoms with van der Waals surface area (Å²) < 4.78 is 0. The molecule has 0 aliphatic heterocycles. The molecule has 0 bridgehead atoms. The van der Waals surface area contributed by atoms with Crippen LogP contribution in [-0.4, -0.2) is 22.4 Å². The first kappa shape index (κ1) is 33.9. The van der Waals surface area contributed by atoms with E-state index in [1.807, 2.05) is 36.7 Å². The summed E-state index contributed by atoms with van der Waals surface area (Å²) in [4.78, 5) is 19.9. The highest BCUT2D eigenvalue weighted by molar-refractivity contribution is 5.88. The van der Waals surface area contributed by atoms with E-state index in [2.05, 4.69) is 128 Å². The van der Waals surface area contributed by atoms with E-state index in [9.17, 15) is 0 Å². The van der Waals surface area contributed by atoms with E-state index in [1.165, 1.54) is 33.4 Å². The lowest BCUT2D eigenvalue weighted by molar-refractivity contribution is 0.824. The molecule has 0 saturated heterocycles. The van der Waals surface area contributed by atoms with Gasteiger partial charge in [0.05, 0.1) is 46.2 Å². The van der Waals surface area contributed by atoms with Gasteiger partial charge in [0.2, 0.25) is 0 Å². The van der Waals surface area contributed by atoms with Gasteiger partial charge in [-0.2, -0.15) is 0 Å². The highest BCUT2D eigenvalue weighted by Gasteiger charge is 2.19. The van der Waals surface area contributed by atoms with Gasteiger partial charge in [-0.3, -0.25) is 9.98 Å². The quantitative estimate of drug-likeness (QED) is 0.139. The fourth-order valence-corrected chi connectivity index (χ4v) is 6.56. The molecule has 0 atom stereocenters. The summed E-state index contributed by atoms with van der Waals surface area (Å²) in [6, 6.07) is 34.3. The molecule has 0 aliphatic rings. The van der Waals surface area contributed by atoms with Gasteiger partial charge in [-0.15, -0.1) is 0 Å². The smallest absolute Gasteiger partial charge is 0.0820 e. The summed E-state index contributed by atoms with van der Waals surface area (Å²) in [6.07, 6.45) is 4.71. The second-order valence-corrected chi connectivity index (χ2v) is 14.4. The number of aliphatic imine (C=N–C) groups is 2. The number of aromatic nitrogens is 2. The van der Waals surface area contributed by atoms with Gasteiger partial charge in [-0.25, -0.2) is 9.97 Å². The number of benzene rings is 4. The Morgan fingerprint density at radius 1 is 0.469 bits per heavy atom. The Bertz CT molecular complexity index is 1950. The van der Waals surface area contributed by atoms with Crippen LogP contribution in [0.1, 0.15) is 124 Å². The lowest BCUT2D eigenvalue weighted by atomic mass is 9.86. The van der Waals surface area contributed by atoms with Gasteiger partial charge in [-0.1, -0.05) is 128 Å². The SMILES string of the molecule is CC(C)c1cc(Cc2cc(C(C)C)c(N=Cc3ccc4ccccc4n3)c(C(C)C)c2)cc(C(C)C)c1N=Cc1ccc2ccccc2n1. The molecule has 0 radical (unpaired) electrons. The summed E-state index contributed by atoms with van der Waals surface area (Å²) in [5, 5.41) is 2.27. The molecule has 2 heterocycles. The number of hydrogen-bond acceptors (Lipinski definition) is 4. The maximum atomic E-state index is 5.11. The summed E-state index contributed by atoms with van der Waals surface area (Å²) in [7, 11) is 0. The van der Waals surface area contributed by atoms with Crippen LogP contribution in [0.4, 0.5) is 11.4 Å². The second-order valence-electron chi connectivity index (χ2n) is 14.4. The van der Waals surface area contributed by atoms with Crippen LogP contribution in [0.2, 0.25) is 0 Å². The van der Waals surface area contributed by atoms with Crippen molar-refractivity contribution in [2.24, 2.45) is 9.98 Å². The van der Waals surface area contributed by atoms with Crippen LogP contribution in [-0.2, 0) is 6.42 Å². The van der Waals surface area contributed by atoms with Crippen molar-refractivity contribution in [3.05, 3.63) is 142 Å². The zero-order valence-corrected chi connectivity index (χ0v) is 30.2. The molecule has 4 aromatic carbocycles. The van der Waals surface area contributed by atoms with Crippen LogP contribution in [0.3, 0.4) is 0 Å². The molecule has 0 saturated carbocycles. The fraction of sp³-hybridized carbons (Fsp3) is 0.289. The third-order valence-electron chi connectivity index (χ3n) is 9.25. The predicted octanol–water partition coefficient (Wildman–Crippen LogP) is 12.4. The normalized spacial score (nSPS) is 12.3. The predicted molar refractivity (Wildman–Crippen MR) is 210 cm³/mol. The van der Waals surface area contributed by atoms with Crippen molar-refractivity contribution < 1.29 is 0 Å². The number of fused-ring (bicyclic) bond motifs is 2. The molecule has 49 heavy (non-hydrogen) atoms. The third-order valence-corrected chi connectivity index (χ3v) is 9.25. The molecule has 0 N–H and O–H groups in total. The molecule has 6 rings (SSSR count). The minimum atomic E-state index is 0.326. The highest BCUT2D eigenvalue weighted by Crippen LogP contribution is 2.39. The maximum Gasteiger partial charge on any atom is 0.0820 e. The number of nitrogens with zero attached hydrogens (tertiary/aromatic N) is 4. The number of para-hydroxylation sites is 2. The first-order valence-corrected chi connectivity index (χ1v) is 17.7. The zero-order chi connectivity index (χ0) is 34.7. The molecular formula is C45H48N4. The summed E-state index contributed by atoms with van der Waals surface area (Å²) >= 11 is 0. The van der Waals surface area contributed by atoms with Crippen molar-refractivity contribution in [2.45, 2.75) is 85.5 Å². The average molecular weight is 645 g/mol. The maximum absolute atomic E-state index is 5.11. The minimum absolute atomic E-state index is 0.326. The number of pyridine rings is 2. The second kappa shape index (κ2) is 14.7. The third kappa shape index (κ3) is 7.70. The zero-order valence-electron chi connectivity index (χ0n) is 30.2. The Labute approximate surface area is 292 Å². The molecule has 0 unspecified atom stereocenters. The number of rotatable bonds is 10. The van der Waals surface area contributed by atoms with E-state index in [4.69, 9.17) is 20.0 Å². The van der Waals surface area contributed by atoms with Gasteiger partial charge >= 0.3 is 0 Å². The molecule has 0 fully saturated rings. The van der Waals surface area contributed by atoms with Gasteiger partial charge in [0.1, 0.15) is 0 Å². The van der Waals surface area contributed by atoms with Crippen LogP contribution in [0.15, 0.2) is 107 Å². The first-order valence-electron chi connectivity index (χ1n) is 17.7. The lowest BCUT2D eigenvalue weighted by Gasteiger charge is -2.21. The Balaban J connectivity index is 1.36. The summed E-state index contributed by atoms with van der Waals surface area (Å²) in [6.45, 7) is 18.1. The molecule has 2 aromatic heterocycles. The van der Waals surface area contributed by atoms with Crippen molar-refractivity contribution in [2.75, 3.05) is 0 Å². The largest absolute Gasteiger partial charge is 0.254 e. The first-order chi connectivity index (χ1) is 23.6. The van der Waals surface area contributed by atoms with Crippen LogP contribution in [0.5, 0.6) is 0 Å². The molecule has 0 amide bonds. The molecule has 4 nitrogen and oxygen atoms in total. The van der Waals surface area contributed by atoms with Crippen molar-refractivity contribution in [3.8, 4) is 0 Å². The van der Waals surface area contributed by atoms with Crippen LogP contribution in [0.25, 0.3) is 21.8 Å². The topological polar surface area (TPSA) is 50.5 Å².